The lowest BCUT2D eigenvalue weighted by Crippen LogP contribution is -2.19. The highest BCUT2D eigenvalue weighted by Crippen LogP contribution is 2.43. The second kappa shape index (κ2) is 10.5. The van der Waals surface area contributed by atoms with E-state index in [1.807, 2.05) is 51.1 Å². The molecule has 0 saturated heterocycles. The molecule has 3 aromatic carbocycles. The van der Waals surface area contributed by atoms with Gasteiger partial charge in [0.05, 0.1) is 41.5 Å². The quantitative estimate of drug-likeness (QED) is 0.380. The molecule has 0 aliphatic carbocycles. The molecule has 0 aliphatic heterocycles. The van der Waals surface area contributed by atoms with Crippen molar-refractivity contribution in [2.75, 3.05) is 35.5 Å². The Balaban J connectivity index is 2.36. The molecule has 0 saturated carbocycles. The van der Waals surface area contributed by atoms with Crippen LogP contribution in [0.4, 0.5) is 0 Å². The summed E-state index contributed by atoms with van der Waals surface area (Å²) in [4.78, 5) is 14.3. The SMILES string of the molecule is COc1ccc(C(=O)C(c2cc(OC)cc(OC)c2C)c2c(C)cc(OC)cc2OC)c(C)c1. The lowest BCUT2D eigenvalue weighted by molar-refractivity contribution is 0.0971. The van der Waals surface area contributed by atoms with Crippen LogP contribution in [0.1, 0.15) is 44.1 Å². The number of ether oxygens (including phenoxy) is 5. The molecule has 3 rings (SSSR count). The van der Waals surface area contributed by atoms with E-state index in [0.29, 0.717) is 34.3 Å². The van der Waals surface area contributed by atoms with E-state index in [9.17, 15) is 4.79 Å². The first-order valence-corrected chi connectivity index (χ1v) is 10.9. The Morgan fingerprint density at radius 3 is 1.76 bits per heavy atom. The van der Waals surface area contributed by atoms with Gasteiger partial charge in [0.25, 0.3) is 0 Å². The van der Waals surface area contributed by atoms with Gasteiger partial charge in [-0.15, -0.1) is 0 Å². The number of methoxy groups -OCH3 is 5. The van der Waals surface area contributed by atoms with E-state index in [0.717, 1.165) is 27.8 Å². The second-order valence-electron chi connectivity index (χ2n) is 8.08. The van der Waals surface area contributed by atoms with E-state index in [1.54, 1.807) is 47.7 Å². The number of Topliss-reactive ketones (excluding diaryl/α,β-unsaturated/α-hetero) is 1. The summed E-state index contributed by atoms with van der Waals surface area (Å²) in [7, 11) is 8.01. The van der Waals surface area contributed by atoms with Crippen molar-refractivity contribution in [3.8, 4) is 28.7 Å². The molecule has 3 aromatic rings. The molecule has 0 radical (unpaired) electrons. The molecular formula is C28H32O6. The van der Waals surface area contributed by atoms with Gasteiger partial charge in [-0.25, -0.2) is 0 Å². The molecule has 6 nitrogen and oxygen atoms in total. The van der Waals surface area contributed by atoms with Crippen molar-refractivity contribution >= 4 is 5.78 Å². The summed E-state index contributed by atoms with van der Waals surface area (Å²) in [6.45, 7) is 5.80. The van der Waals surface area contributed by atoms with Gasteiger partial charge in [-0.2, -0.15) is 0 Å². The molecule has 0 amide bonds. The summed E-state index contributed by atoms with van der Waals surface area (Å²) in [5.74, 6) is 2.44. The van der Waals surface area contributed by atoms with Gasteiger partial charge in [0.2, 0.25) is 0 Å². The number of hydrogen-bond donors (Lipinski definition) is 0. The van der Waals surface area contributed by atoms with E-state index in [1.165, 1.54) is 0 Å². The number of carbonyl (C=O) groups is 1. The fourth-order valence-corrected chi connectivity index (χ4v) is 4.33. The van der Waals surface area contributed by atoms with Gasteiger partial charge in [0.1, 0.15) is 28.7 Å². The maximum Gasteiger partial charge on any atom is 0.175 e. The molecule has 180 valence electrons. The molecule has 34 heavy (non-hydrogen) atoms. The summed E-state index contributed by atoms with van der Waals surface area (Å²) in [6.07, 6.45) is 0. The van der Waals surface area contributed by atoms with Crippen LogP contribution in [0.2, 0.25) is 0 Å². The highest BCUT2D eigenvalue weighted by molar-refractivity contribution is 6.05. The van der Waals surface area contributed by atoms with Gasteiger partial charge < -0.3 is 23.7 Å². The first-order valence-electron chi connectivity index (χ1n) is 10.9. The third kappa shape index (κ3) is 4.67. The van der Waals surface area contributed by atoms with E-state index in [2.05, 4.69) is 0 Å². The normalized spacial score (nSPS) is 11.5. The molecule has 6 heteroatoms. The Hall–Kier alpha value is -3.67. The minimum absolute atomic E-state index is 0.0647. The Morgan fingerprint density at radius 2 is 1.21 bits per heavy atom. The zero-order valence-corrected chi connectivity index (χ0v) is 21.1. The van der Waals surface area contributed by atoms with Crippen LogP contribution in [-0.4, -0.2) is 41.3 Å². The van der Waals surface area contributed by atoms with E-state index < -0.39 is 5.92 Å². The standard InChI is InChI=1S/C28H32O6/c1-16-11-19(30-4)9-10-22(16)28(29)27(23-13-21(32-6)14-24(33-7)18(23)3)26-17(2)12-20(31-5)15-25(26)34-8/h9-15,27H,1-8H3. The Kier molecular flexibility index (Phi) is 7.72. The lowest BCUT2D eigenvalue weighted by Gasteiger charge is -2.25. The molecule has 1 unspecified atom stereocenters. The van der Waals surface area contributed by atoms with Crippen LogP contribution in [-0.2, 0) is 0 Å². The van der Waals surface area contributed by atoms with Crippen molar-refractivity contribution in [1.82, 2.24) is 0 Å². The molecular weight excluding hydrogens is 432 g/mol. The minimum Gasteiger partial charge on any atom is -0.497 e. The second-order valence-corrected chi connectivity index (χ2v) is 8.08. The fraction of sp³-hybridized carbons (Fsp3) is 0.321. The Labute approximate surface area is 201 Å². The van der Waals surface area contributed by atoms with Crippen LogP contribution in [0.25, 0.3) is 0 Å². The third-order valence-electron chi connectivity index (χ3n) is 6.17. The van der Waals surface area contributed by atoms with Gasteiger partial charge in [-0.3, -0.25) is 4.79 Å². The average molecular weight is 465 g/mol. The zero-order valence-electron chi connectivity index (χ0n) is 21.1. The number of ketones is 1. The van der Waals surface area contributed by atoms with E-state index >= 15 is 0 Å². The Morgan fingerprint density at radius 1 is 0.647 bits per heavy atom. The summed E-state index contributed by atoms with van der Waals surface area (Å²) in [5.41, 5.74) is 4.70. The topological polar surface area (TPSA) is 63.2 Å². The monoisotopic (exact) mass is 464 g/mol. The van der Waals surface area contributed by atoms with Gasteiger partial charge in [0.15, 0.2) is 5.78 Å². The fourth-order valence-electron chi connectivity index (χ4n) is 4.33. The third-order valence-corrected chi connectivity index (χ3v) is 6.17. The molecule has 0 heterocycles. The molecule has 0 bridgehead atoms. The predicted octanol–water partition coefficient (Wildman–Crippen LogP) is 5.67. The molecule has 0 aliphatic rings. The van der Waals surface area contributed by atoms with Gasteiger partial charge in [-0.05, 0) is 73.4 Å². The van der Waals surface area contributed by atoms with Crippen LogP contribution in [0.3, 0.4) is 0 Å². The average Bonchev–Trinajstić information content (AvgIpc) is 2.85. The molecule has 1 atom stereocenters. The summed E-state index contributed by atoms with van der Waals surface area (Å²) in [5, 5.41) is 0. The van der Waals surface area contributed by atoms with Crippen LogP contribution < -0.4 is 23.7 Å². The molecule has 0 aromatic heterocycles. The summed E-state index contributed by atoms with van der Waals surface area (Å²) >= 11 is 0. The lowest BCUT2D eigenvalue weighted by atomic mass is 9.79. The van der Waals surface area contributed by atoms with Crippen LogP contribution in [0.5, 0.6) is 28.7 Å². The zero-order chi connectivity index (χ0) is 25.0. The Bertz CT molecular complexity index is 1200. The maximum atomic E-state index is 14.3. The smallest absolute Gasteiger partial charge is 0.175 e. The van der Waals surface area contributed by atoms with Crippen LogP contribution >= 0.6 is 0 Å². The minimum atomic E-state index is -0.669. The van der Waals surface area contributed by atoms with Gasteiger partial charge in [0, 0.05) is 23.3 Å². The van der Waals surface area contributed by atoms with Crippen LogP contribution in [0, 0.1) is 20.8 Å². The number of benzene rings is 3. The van der Waals surface area contributed by atoms with E-state index in [-0.39, 0.29) is 5.78 Å². The summed E-state index contributed by atoms with van der Waals surface area (Å²) in [6, 6.07) is 12.9. The first-order chi connectivity index (χ1) is 16.3. The van der Waals surface area contributed by atoms with E-state index in [4.69, 9.17) is 23.7 Å². The predicted molar refractivity (Wildman–Crippen MR) is 132 cm³/mol. The maximum absolute atomic E-state index is 14.3. The van der Waals surface area contributed by atoms with Crippen molar-refractivity contribution < 1.29 is 28.5 Å². The highest BCUT2D eigenvalue weighted by atomic mass is 16.5. The number of carbonyl (C=O) groups excluding carboxylic acids is 1. The number of hydrogen-bond acceptors (Lipinski definition) is 6. The number of rotatable bonds is 9. The van der Waals surface area contributed by atoms with Crippen LogP contribution in [0.15, 0.2) is 42.5 Å². The molecule has 0 N–H and O–H groups in total. The molecule has 0 spiro atoms. The van der Waals surface area contributed by atoms with Crippen molar-refractivity contribution in [3.05, 3.63) is 75.8 Å². The van der Waals surface area contributed by atoms with Gasteiger partial charge >= 0.3 is 0 Å². The largest absolute Gasteiger partial charge is 0.497 e. The van der Waals surface area contributed by atoms with Crippen molar-refractivity contribution in [3.63, 3.8) is 0 Å². The highest BCUT2D eigenvalue weighted by Gasteiger charge is 2.32. The van der Waals surface area contributed by atoms with Crippen molar-refractivity contribution in [2.45, 2.75) is 26.7 Å². The van der Waals surface area contributed by atoms with Crippen molar-refractivity contribution in [2.24, 2.45) is 0 Å². The van der Waals surface area contributed by atoms with Gasteiger partial charge in [-0.1, -0.05) is 0 Å². The first kappa shape index (κ1) is 25.0. The molecule has 0 fully saturated rings. The number of aryl methyl sites for hydroxylation is 2. The van der Waals surface area contributed by atoms with Crippen molar-refractivity contribution in [1.29, 1.82) is 0 Å². The summed E-state index contributed by atoms with van der Waals surface area (Å²) < 4.78 is 27.7.